The molecule has 0 saturated carbocycles. The number of hydrogen-bond acceptors (Lipinski definition) is 10. The van der Waals surface area contributed by atoms with E-state index in [9.17, 15) is 14.0 Å². The van der Waals surface area contributed by atoms with Gasteiger partial charge in [-0.1, -0.05) is 12.0 Å². The van der Waals surface area contributed by atoms with Crippen molar-refractivity contribution >= 4 is 40.1 Å². The number of rotatable bonds is 7. The lowest BCUT2D eigenvalue weighted by molar-refractivity contribution is -0.120. The Morgan fingerprint density at radius 3 is 2.57 bits per heavy atom. The molecule has 2 aliphatic rings. The SMILES string of the molecule is C#Cc1c(F)ccc2cc(OC=O)cc(-c3ncc4c(N5CC6CCC(C5)N6C(=O)OC(C)OC)nc(OC)nc4c3F)c12. The van der Waals surface area contributed by atoms with E-state index in [0.29, 0.717) is 29.7 Å². The summed E-state index contributed by atoms with van der Waals surface area (Å²) in [6.45, 7) is 2.69. The summed E-state index contributed by atoms with van der Waals surface area (Å²) in [6.07, 6.45) is 7.45. The van der Waals surface area contributed by atoms with Crippen LogP contribution in [0, 0.1) is 24.0 Å². The Kier molecular flexibility index (Phi) is 7.60. The van der Waals surface area contributed by atoms with Gasteiger partial charge in [-0.05, 0) is 43.4 Å². The summed E-state index contributed by atoms with van der Waals surface area (Å²) in [5.74, 6) is 1.30. The van der Waals surface area contributed by atoms with Crippen LogP contribution >= 0.6 is 0 Å². The zero-order chi connectivity index (χ0) is 31.1. The first-order valence-electron chi connectivity index (χ1n) is 13.8. The maximum atomic E-state index is 16.5. The number of carbonyl (C=O) groups is 2. The molecule has 2 aromatic heterocycles. The third-order valence-electron chi connectivity index (χ3n) is 8.04. The van der Waals surface area contributed by atoms with Crippen LogP contribution in [-0.2, 0) is 14.3 Å². The smallest absolute Gasteiger partial charge is 0.412 e. The highest BCUT2D eigenvalue weighted by Crippen LogP contribution is 2.40. The molecule has 2 saturated heterocycles. The number of fused-ring (bicyclic) bond motifs is 4. The van der Waals surface area contributed by atoms with Crippen molar-refractivity contribution in [1.29, 1.82) is 0 Å². The van der Waals surface area contributed by atoms with Gasteiger partial charge >= 0.3 is 12.1 Å². The van der Waals surface area contributed by atoms with Gasteiger partial charge in [0.05, 0.1) is 30.1 Å². The van der Waals surface area contributed by atoms with Crippen molar-refractivity contribution < 1.29 is 37.3 Å². The molecule has 4 heterocycles. The van der Waals surface area contributed by atoms with E-state index in [1.807, 2.05) is 4.90 Å². The number of hydrogen-bond donors (Lipinski definition) is 0. The topological polar surface area (TPSA) is 116 Å². The summed E-state index contributed by atoms with van der Waals surface area (Å²) in [4.78, 5) is 40.9. The molecule has 3 unspecified atom stereocenters. The number of aromatic nitrogens is 3. The predicted molar refractivity (Wildman–Crippen MR) is 155 cm³/mol. The van der Waals surface area contributed by atoms with Crippen LogP contribution in [0.25, 0.3) is 32.9 Å². The average Bonchev–Trinajstić information content (AvgIpc) is 3.30. The molecule has 2 fully saturated rings. The zero-order valence-electron chi connectivity index (χ0n) is 24.0. The fourth-order valence-electron chi connectivity index (χ4n) is 6.03. The summed E-state index contributed by atoms with van der Waals surface area (Å²) in [6, 6.07) is 5.10. The number of piperazine rings is 1. The van der Waals surface area contributed by atoms with Crippen LogP contribution in [-0.4, -0.2) is 78.1 Å². The molecule has 1 amide bonds. The van der Waals surface area contributed by atoms with Crippen molar-refractivity contribution in [2.45, 2.75) is 38.1 Å². The van der Waals surface area contributed by atoms with E-state index in [0.717, 1.165) is 12.8 Å². The molecule has 0 aliphatic carbocycles. The van der Waals surface area contributed by atoms with E-state index >= 15 is 4.39 Å². The molecule has 2 bridgehead atoms. The average molecular weight is 604 g/mol. The number of anilines is 1. The number of nitrogens with zero attached hydrogens (tertiary/aromatic N) is 5. The number of terminal acetylenes is 1. The molecule has 11 nitrogen and oxygen atoms in total. The van der Waals surface area contributed by atoms with Gasteiger partial charge in [0, 0.05) is 37.3 Å². The van der Waals surface area contributed by atoms with Crippen molar-refractivity contribution in [3.05, 3.63) is 47.7 Å². The van der Waals surface area contributed by atoms with E-state index < -0.39 is 24.0 Å². The lowest BCUT2D eigenvalue weighted by Crippen LogP contribution is -2.56. The summed E-state index contributed by atoms with van der Waals surface area (Å²) >= 11 is 0. The van der Waals surface area contributed by atoms with E-state index in [4.69, 9.17) is 25.4 Å². The first-order valence-corrected chi connectivity index (χ1v) is 13.8. The van der Waals surface area contributed by atoms with Gasteiger partial charge in [0.25, 0.3) is 6.47 Å². The minimum Gasteiger partial charge on any atom is -0.467 e. The monoisotopic (exact) mass is 603 g/mol. The Balaban J connectivity index is 1.46. The summed E-state index contributed by atoms with van der Waals surface area (Å²) < 4.78 is 52.2. The maximum absolute atomic E-state index is 16.5. The standard InChI is InChI=1S/C31H27F2N5O6/c1-5-21-24(32)9-6-17-10-20(43-15-39)11-22(25(17)21)27-26(33)28-23(12-34-27)29(36-30(35-28)42-4)37-13-18-7-8-19(14-37)38(18)31(40)44-16(2)41-3/h1,6,9-12,15-16,18-19H,7-8,13-14H2,2-4H3. The number of pyridine rings is 1. The van der Waals surface area contributed by atoms with Crippen LogP contribution < -0.4 is 14.4 Å². The van der Waals surface area contributed by atoms with Gasteiger partial charge < -0.3 is 23.8 Å². The number of halogens is 2. The second-order valence-corrected chi connectivity index (χ2v) is 10.5. The van der Waals surface area contributed by atoms with Crippen LogP contribution in [0.2, 0.25) is 0 Å². The lowest BCUT2D eigenvalue weighted by atomic mass is 9.95. The normalized spacial score (nSPS) is 18.3. The van der Waals surface area contributed by atoms with Crippen LogP contribution in [0.4, 0.5) is 19.4 Å². The molecule has 3 atom stereocenters. The van der Waals surface area contributed by atoms with Crippen LogP contribution in [0.5, 0.6) is 11.8 Å². The van der Waals surface area contributed by atoms with Gasteiger partial charge in [-0.3, -0.25) is 14.7 Å². The lowest BCUT2D eigenvalue weighted by Gasteiger charge is -2.41. The van der Waals surface area contributed by atoms with E-state index in [-0.39, 0.29) is 58.0 Å². The number of carbonyl (C=O) groups excluding carboxylic acids is 2. The minimum atomic E-state index is -0.833. The molecule has 44 heavy (non-hydrogen) atoms. The molecule has 0 spiro atoms. The third-order valence-corrected chi connectivity index (χ3v) is 8.04. The molecule has 4 aromatic rings. The van der Waals surface area contributed by atoms with E-state index in [1.165, 1.54) is 44.7 Å². The molecular weight excluding hydrogens is 576 g/mol. The Bertz CT molecular complexity index is 1830. The Hall–Kier alpha value is -5.09. The molecule has 0 radical (unpaired) electrons. The Morgan fingerprint density at radius 2 is 1.91 bits per heavy atom. The van der Waals surface area contributed by atoms with Crippen LogP contribution in [0.3, 0.4) is 0 Å². The van der Waals surface area contributed by atoms with Crippen molar-refractivity contribution in [2.75, 3.05) is 32.2 Å². The first-order chi connectivity index (χ1) is 21.3. The third kappa shape index (κ3) is 4.87. The number of ether oxygens (including phenoxy) is 4. The first kappa shape index (κ1) is 29.0. The minimum absolute atomic E-state index is 0.0788. The van der Waals surface area contributed by atoms with Crippen molar-refractivity contribution in [3.8, 4) is 35.4 Å². The van der Waals surface area contributed by atoms with Crippen LogP contribution in [0.15, 0.2) is 30.5 Å². The van der Waals surface area contributed by atoms with Gasteiger partial charge in [-0.25, -0.2) is 13.6 Å². The highest BCUT2D eigenvalue weighted by atomic mass is 19.1. The van der Waals surface area contributed by atoms with E-state index in [1.54, 1.807) is 11.8 Å². The fraction of sp³-hybridized carbons (Fsp3) is 0.323. The van der Waals surface area contributed by atoms with Gasteiger partial charge in [0.15, 0.2) is 5.82 Å². The summed E-state index contributed by atoms with van der Waals surface area (Å²) in [7, 11) is 2.83. The maximum Gasteiger partial charge on any atom is 0.412 e. The number of amides is 1. The Labute approximate surface area is 250 Å². The summed E-state index contributed by atoms with van der Waals surface area (Å²) in [5, 5.41) is 0.950. The van der Waals surface area contributed by atoms with Gasteiger partial charge in [-0.15, -0.1) is 6.42 Å². The van der Waals surface area contributed by atoms with Gasteiger partial charge in [0.1, 0.15) is 28.6 Å². The Morgan fingerprint density at radius 1 is 1.16 bits per heavy atom. The number of benzene rings is 2. The predicted octanol–water partition coefficient (Wildman–Crippen LogP) is 4.43. The molecule has 0 N–H and O–H groups in total. The second kappa shape index (κ2) is 11.5. The molecule has 2 aromatic carbocycles. The molecule has 6 rings (SSSR count). The highest BCUT2D eigenvalue weighted by molar-refractivity contribution is 6.03. The fourth-order valence-corrected chi connectivity index (χ4v) is 6.03. The molecular formula is C31H27F2N5O6. The van der Waals surface area contributed by atoms with Crippen molar-refractivity contribution in [3.63, 3.8) is 0 Å². The van der Waals surface area contributed by atoms with Gasteiger partial charge in [-0.2, -0.15) is 9.97 Å². The quantitative estimate of drug-likeness (QED) is 0.171. The molecule has 226 valence electrons. The van der Waals surface area contributed by atoms with E-state index in [2.05, 4.69) is 20.9 Å². The zero-order valence-corrected chi connectivity index (χ0v) is 24.0. The number of methoxy groups -OCH3 is 2. The highest BCUT2D eigenvalue weighted by Gasteiger charge is 2.44. The van der Waals surface area contributed by atoms with Gasteiger partial charge in [0.2, 0.25) is 6.29 Å². The second-order valence-electron chi connectivity index (χ2n) is 10.5. The van der Waals surface area contributed by atoms with Crippen LogP contribution in [0.1, 0.15) is 25.3 Å². The molecule has 2 aliphatic heterocycles. The van der Waals surface area contributed by atoms with Crippen molar-refractivity contribution in [1.82, 2.24) is 19.9 Å². The largest absolute Gasteiger partial charge is 0.467 e. The summed E-state index contributed by atoms with van der Waals surface area (Å²) in [5.41, 5.74) is -0.258. The van der Waals surface area contributed by atoms with Crippen molar-refractivity contribution in [2.24, 2.45) is 0 Å². The molecule has 13 heteroatoms.